The van der Waals surface area contributed by atoms with E-state index >= 15 is 8.78 Å². The first kappa shape index (κ1) is 28.7. The van der Waals surface area contributed by atoms with Crippen LogP contribution in [0.1, 0.15) is 10.4 Å². The molecule has 1 saturated heterocycles. The van der Waals surface area contributed by atoms with Crippen molar-refractivity contribution >= 4 is 17.4 Å². The Morgan fingerprint density at radius 3 is 2.26 bits per heavy atom. The Labute approximate surface area is 236 Å². The van der Waals surface area contributed by atoms with Crippen LogP contribution in [-0.2, 0) is 11.8 Å². The van der Waals surface area contributed by atoms with Gasteiger partial charge in [-0.2, -0.15) is 13.5 Å². The zero-order chi connectivity index (χ0) is 30.0. The summed E-state index contributed by atoms with van der Waals surface area (Å²) in [5, 5.41) is 2.44. The van der Waals surface area contributed by atoms with Crippen molar-refractivity contribution in [2.45, 2.75) is 6.61 Å². The molecular formula is C28H25F4N5O5. The van der Waals surface area contributed by atoms with Crippen molar-refractivity contribution in [2.24, 2.45) is 7.05 Å². The van der Waals surface area contributed by atoms with Gasteiger partial charge in [0.15, 0.2) is 5.82 Å². The lowest BCUT2D eigenvalue weighted by molar-refractivity contribution is -0.0498. The molecule has 0 spiro atoms. The number of hydrogen-bond donors (Lipinski definition) is 1. The molecule has 2 aromatic heterocycles. The van der Waals surface area contributed by atoms with Gasteiger partial charge in [-0.3, -0.25) is 14.3 Å². The highest BCUT2D eigenvalue weighted by Gasteiger charge is 2.28. The summed E-state index contributed by atoms with van der Waals surface area (Å²) in [6.45, 7) is -0.897. The first-order chi connectivity index (χ1) is 20.2. The summed E-state index contributed by atoms with van der Waals surface area (Å²) < 4.78 is 72.6. The molecule has 3 heterocycles. The number of anilines is 2. The Balaban J connectivity index is 1.62. The van der Waals surface area contributed by atoms with Crippen LogP contribution < -0.4 is 25.2 Å². The fourth-order valence-electron chi connectivity index (χ4n) is 4.63. The molecule has 0 saturated carbocycles. The van der Waals surface area contributed by atoms with Crippen molar-refractivity contribution in [1.82, 2.24) is 14.3 Å². The summed E-state index contributed by atoms with van der Waals surface area (Å²) >= 11 is 0. The predicted molar refractivity (Wildman–Crippen MR) is 145 cm³/mol. The van der Waals surface area contributed by atoms with Crippen LogP contribution in [0.25, 0.3) is 17.1 Å². The van der Waals surface area contributed by atoms with Gasteiger partial charge in [-0.1, -0.05) is 6.07 Å². The van der Waals surface area contributed by atoms with Crippen molar-refractivity contribution in [3.63, 3.8) is 0 Å². The number of benzene rings is 2. The first-order valence-electron chi connectivity index (χ1n) is 12.7. The molecule has 0 unspecified atom stereocenters. The van der Waals surface area contributed by atoms with Crippen LogP contribution in [0.2, 0.25) is 0 Å². The molecule has 1 aliphatic rings. The van der Waals surface area contributed by atoms with Gasteiger partial charge in [0.05, 0.1) is 25.9 Å². The molecule has 1 aliphatic heterocycles. The Bertz CT molecular complexity index is 1640. The molecule has 1 amide bonds. The second kappa shape index (κ2) is 11.9. The fraction of sp³-hybridized carbons (Fsp3) is 0.250. The van der Waals surface area contributed by atoms with Crippen LogP contribution >= 0.6 is 0 Å². The van der Waals surface area contributed by atoms with Crippen LogP contribution in [-0.4, -0.2) is 60.3 Å². The number of carbonyl (C=O) groups excluding carboxylic acids is 1. The van der Waals surface area contributed by atoms with E-state index in [-0.39, 0.29) is 28.6 Å². The SMILES string of the molecule is COc1cc(F)c(-c2c(NC(=O)c3ccc(OC(F)F)cc3)c(=O)n(-c3cccc(N4CCOCC4)n3)n2C)c(F)c1. The molecule has 220 valence electrons. The lowest BCUT2D eigenvalue weighted by Crippen LogP contribution is -2.37. The maximum Gasteiger partial charge on any atom is 0.387 e. The third-order valence-corrected chi connectivity index (χ3v) is 6.61. The van der Waals surface area contributed by atoms with Gasteiger partial charge < -0.3 is 24.4 Å². The third-order valence-electron chi connectivity index (χ3n) is 6.61. The van der Waals surface area contributed by atoms with Crippen molar-refractivity contribution in [2.75, 3.05) is 43.6 Å². The van der Waals surface area contributed by atoms with E-state index in [1.807, 2.05) is 4.90 Å². The zero-order valence-corrected chi connectivity index (χ0v) is 22.4. The lowest BCUT2D eigenvalue weighted by atomic mass is 10.1. The molecule has 10 nitrogen and oxygen atoms in total. The molecule has 0 aliphatic carbocycles. The fourth-order valence-corrected chi connectivity index (χ4v) is 4.63. The van der Waals surface area contributed by atoms with E-state index in [9.17, 15) is 18.4 Å². The molecule has 1 N–H and O–H groups in total. The Morgan fingerprint density at radius 1 is 1.00 bits per heavy atom. The number of pyridine rings is 1. The molecule has 0 radical (unpaired) electrons. The van der Waals surface area contributed by atoms with Crippen LogP contribution in [0.3, 0.4) is 0 Å². The molecule has 42 heavy (non-hydrogen) atoms. The predicted octanol–water partition coefficient (Wildman–Crippen LogP) is 4.22. The number of amides is 1. The third kappa shape index (κ3) is 5.65. The molecule has 2 aromatic carbocycles. The van der Waals surface area contributed by atoms with Gasteiger partial charge in [-0.05, 0) is 36.4 Å². The number of nitrogens with one attached hydrogen (secondary N) is 1. The van der Waals surface area contributed by atoms with Gasteiger partial charge in [-0.15, -0.1) is 0 Å². The molecule has 1 fully saturated rings. The van der Waals surface area contributed by atoms with E-state index in [0.29, 0.717) is 32.1 Å². The number of carbonyl (C=O) groups is 1. The highest BCUT2D eigenvalue weighted by Crippen LogP contribution is 2.34. The number of rotatable bonds is 8. The summed E-state index contributed by atoms with van der Waals surface area (Å²) in [5.74, 6) is -2.50. The lowest BCUT2D eigenvalue weighted by Gasteiger charge is -2.28. The van der Waals surface area contributed by atoms with Gasteiger partial charge in [0.2, 0.25) is 0 Å². The number of hydrogen-bond acceptors (Lipinski definition) is 7. The molecule has 0 atom stereocenters. The van der Waals surface area contributed by atoms with Crippen molar-refractivity contribution in [3.05, 3.63) is 82.1 Å². The number of ether oxygens (including phenoxy) is 3. The highest BCUT2D eigenvalue weighted by molar-refractivity contribution is 6.06. The van der Waals surface area contributed by atoms with Crippen LogP contribution in [0.15, 0.2) is 59.4 Å². The number of aromatic nitrogens is 3. The van der Waals surface area contributed by atoms with E-state index in [0.717, 1.165) is 28.9 Å². The highest BCUT2D eigenvalue weighted by atomic mass is 19.3. The van der Waals surface area contributed by atoms with Crippen molar-refractivity contribution < 1.29 is 36.6 Å². The molecular weight excluding hydrogens is 562 g/mol. The topological polar surface area (TPSA) is 99.8 Å². The monoisotopic (exact) mass is 587 g/mol. The van der Waals surface area contributed by atoms with E-state index in [2.05, 4.69) is 15.0 Å². The molecule has 4 aromatic rings. The summed E-state index contributed by atoms with van der Waals surface area (Å²) in [4.78, 5) is 33.6. The van der Waals surface area contributed by atoms with E-state index in [4.69, 9.17) is 9.47 Å². The van der Waals surface area contributed by atoms with Crippen LogP contribution in [0.5, 0.6) is 11.5 Å². The van der Waals surface area contributed by atoms with Gasteiger partial charge in [0.1, 0.15) is 40.3 Å². The summed E-state index contributed by atoms with van der Waals surface area (Å²) in [6.07, 6.45) is 0. The van der Waals surface area contributed by atoms with E-state index in [1.54, 1.807) is 18.2 Å². The van der Waals surface area contributed by atoms with E-state index in [1.165, 1.54) is 31.0 Å². The standard InChI is InChI=1S/C28H25F4N5O5/c1-35-25(23-19(29)14-18(40-2)15-20(23)30)24(34-26(38)16-6-8-17(9-7-16)42-28(31)32)27(39)37(35)22-5-3-4-21(33-22)36-10-12-41-13-11-36/h3-9,14-15,28H,10-13H2,1-2H3,(H,34,38). The normalized spacial score (nSPS) is 13.4. The van der Waals surface area contributed by atoms with Gasteiger partial charge in [0, 0.05) is 37.8 Å². The van der Waals surface area contributed by atoms with Crippen LogP contribution in [0, 0.1) is 11.6 Å². The Morgan fingerprint density at radius 2 is 1.64 bits per heavy atom. The summed E-state index contributed by atoms with van der Waals surface area (Å²) in [5.41, 5.74) is -2.14. The van der Waals surface area contributed by atoms with Gasteiger partial charge in [-0.25, -0.2) is 13.8 Å². The second-order valence-corrected chi connectivity index (χ2v) is 9.14. The minimum Gasteiger partial charge on any atom is -0.497 e. The number of nitrogens with zero attached hydrogens (tertiary/aromatic N) is 4. The Kier molecular flexibility index (Phi) is 8.15. The first-order valence-corrected chi connectivity index (χ1v) is 12.7. The van der Waals surface area contributed by atoms with E-state index < -0.39 is 41.0 Å². The smallest absolute Gasteiger partial charge is 0.387 e. The maximum atomic E-state index is 15.3. The van der Waals surface area contributed by atoms with Gasteiger partial charge in [0.25, 0.3) is 11.5 Å². The maximum absolute atomic E-state index is 15.3. The number of alkyl halides is 2. The molecule has 14 heteroatoms. The second-order valence-electron chi connectivity index (χ2n) is 9.14. The number of morpholine rings is 1. The van der Waals surface area contributed by atoms with Crippen molar-refractivity contribution in [3.8, 4) is 28.6 Å². The largest absolute Gasteiger partial charge is 0.497 e. The quantitative estimate of drug-likeness (QED) is 0.309. The summed E-state index contributed by atoms with van der Waals surface area (Å²) in [6, 6.07) is 11.6. The minimum absolute atomic E-state index is 0.0273. The number of halogens is 4. The zero-order valence-electron chi connectivity index (χ0n) is 22.4. The van der Waals surface area contributed by atoms with Gasteiger partial charge >= 0.3 is 6.61 Å². The van der Waals surface area contributed by atoms with Crippen LogP contribution in [0.4, 0.5) is 29.1 Å². The molecule has 0 bridgehead atoms. The molecule has 5 rings (SSSR count). The minimum atomic E-state index is -3.06. The van der Waals surface area contributed by atoms with Crippen molar-refractivity contribution in [1.29, 1.82) is 0 Å². The number of methoxy groups -OCH3 is 1. The summed E-state index contributed by atoms with van der Waals surface area (Å²) in [7, 11) is 2.64. The average Bonchev–Trinajstić information content (AvgIpc) is 3.21. The Hall–Kier alpha value is -4.85. The average molecular weight is 588 g/mol.